The number of hydrogen-bond donors (Lipinski definition) is 0. The van der Waals surface area contributed by atoms with Crippen LogP contribution in [0, 0.1) is 5.41 Å². The highest BCUT2D eigenvalue weighted by atomic mass is 32.1. The first-order chi connectivity index (χ1) is 7.02. The Kier molecular flexibility index (Phi) is 2.64. The minimum atomic E-state index is 0.0580. The molecule has 3 nitrogen and oxygen atoms in total. The van der Waals surface area contributed by atoms with Crippen LogP contribution >= 0.6 is 11.3 Å². The van der Waals surface area contributed by atoms with Gasteiger partial charge in [0.05, 0.1) is 17.2 Å². The number of carbonyl (C=O) groups excluding carboxylic acids is 1. The van der Waals surface area contributed by atoms with Crippen LogP contribution in [0.15, 0.2) is 0 Å². The topological polar surface area (TPSA) is 39.2 Å². The molecule has 2 rings (SSSR count). The van der Waals surface area contributed by atoms with Gasteiger partial charge in [0.15, 0.2) is 5.78 Å². The molecule has 0 aliphatic heterocycles. The third kappa shape index (κ3) is 2.11. The zero-order valence-corrected chi connectivity index (χ0v) is 10.1. The molecule has 0 saturated carbocycles. The van der Waals surface area contributed by atoms with Crippen molar-refractivity contribution in [2.75, 3.05) is 7.11 Å². The van der Waals surface area contributed by atoms with Gasteiger partial charge in [0.25, 0.3) is 0 Å². The summed E-state index contributed by atoms with van der Waals surface area (Å²) in [7, 11) is 1.64. The van der Waals surface area contributed by atoms with E-state index in [2.05, 4.69) is 18.8 Å². The van der Waals surface area contributed by atoms with Crippen LogP contribution in [-0.2, 0) is 17.8 Å². The number of Topliss-reactive ketones (excluding diaryl/α,β-unsaturated/α-hetero) is 1. The lowest BCUT2D eigenvalue weighted by Crippen LogP contribution is -2.26. The third-order valence-electron chi connectivity index (χ3n) is 2.55. The normalized spacial score (nSPS) is 19.0. The molecule has 0 N–H and O–H groups in total. The summed E-state index contributed by atoms with van der Waals surface area (Å²) in [6.07, 6.45) is 1.53. The summed E-state index contributed by atoms with van der Waals surface area (Å²) in [6, 6.07) is 0. The number of rotatable bonds is 2. The molecular weight excluding hydrogens is 210 g/mol. The molecule has 15 heavy (non-hydrogen) atoms. The van der Waals surface area contributed by atoms with E-state index in [1.807, 2.05) is 0 Å². The zero-order chi connectivity index (χ0) is 11.1. The molecule has 0 aromatic carbocycles. The Morgan fingerprint density at radius 2 is 2.20 bits per heavy atom. The minimum absolute atomic E-state index is 0.0580. The van der Waals surface area contributed by atoms with E-state index in [0.29, 0.717) is 13.0 Å². The molecular formula is C11H15NO2S. The van der Waals surface area contributed by atoms with Crippen LogP contribution in [0.5, 0.6) is 0 Å². The van der Waals surface area contributed by atoms with E-state index in [1.165, 1.54) is 11.3 Å². The maximum Gasteiger partial charge on any atom is 0.175 e. The predicted molar refractivity (Wildman–Crippen MR) is 59.3 cm³/mol. The van der Waals surface area contributed by atoms with Crippen molar-refractivity contribution in [2.24, 2.45) is 5.41 Å². The first-order valence-corrected chi connectivity index (χ1v) is 5.84. The van der Waals surface area contributed by atoms with E-state index >= 15 is 0 Å². The maximum absolute atomic E-state index is 11.8. The number of hydrogen-bond acceptors (Lipinski definition) is 4. The van der Waals surface area contributed by atoms with Gasteiger partial charge in [0, 0.05) is 13.5 Å². The van der Waals surface area contributed by atoms with Crippen LogP contribution in [0.4, 0.5) is 0 Å². The summed E-state index contributed by atoms with van der Waals surface area (Å²) in [4.78, 5) is 17.2. The van der Waals surface area contributed by atoms with Crippen LogP contribution in [0.3, 0.4) is 0 Å². The molecule has 0 spiro atoms. The highest BCUT2D eigenvalue weighted by molar-refractivity contribution is 7.13. The van der Waals surface area contributed by atoms with Crippen molar-refractivity contribution in [3.8, 4) is 0 Å². The molecule has 0 amide bonds. The number of aromatic nitrogens is 1. The van der Waals surface area contributed by atoms with Gasteiger partial charge < -0.3 is 4.74 Å². The molecule has 0 radical (unpaired) electrons. The molecule has 0 atom stereocenters. The van der Waals surface area contributed by atoms with Gasteiger partial charge in [-0.2, -0.15) is 0 Å². The first-order valence-electron chi connectivity index (χ1n) is 5.02. The largest absolute Gasteiger partial charge is 0.378 e. The Morgan fingerprint density at radius 3 is 2.87 bits per heavy atom. The third-order valence-corrected chi connectivity index (χ3v) is 3.66. The molecule has 1 aromatic rings. The second-order valence-corrected chi connectivity index (χ2v) is 5.84. The van der Waals surface area contributed by atoms with Gasteiger partial charge in [-0.3, -0.25) is 4.79 Å². The Labute approximate surface area is 93.5 Å². The number of ether oxygens (including phenoxy) is 1. The minimum Gasteiger partial charge on any atom is -0.378 e. The molecule has 0 fully saturated rings. The average Bonchev–Trinajstić information content (AvgIpc) is 2.46. The summed E-state index contributed by atoms with van der Waals surface area (Å²) in [5.41, 5.74) is 1.02. The van der Waals surface area contributed by atoms with E-state index in [0.717, 1.165) is 22.0 Å². The summed E-state index contributed by atoms with van der Waals surface area (Å²) in [5.74, 6) is 0.237. The van der Waals surface area contributed by atoms with E-state index in [1.54, 1.807) is 7.11 Å². The number of methoxy groups -OCH3 is 1. The van der Waals surface area contributed by atoms with E-state index in [9.17, 15) is 4.79 Å². The van der Waals surface area contributed by atoms with Crippen molar-refractivity contribution >= 4 is 17.1 Å². The predicted octanol–water partition coefficient (Wildman–Crippen LogP) is 2.44. The van der Waals surface area contributed by atoms with Crippen molar-refractivity contribution in [2.45, 2.75) is 33.3 Å². The maximum atomic E-state index is 11.8. The van der Waals surface area contributed by atoms with Crippen molar-refractivity contribution in [1.29, 1.82) is 0 Å². The summed E-state index contributed by atoms with van der Waals surface area (Å²) >= 11 is 1.48. The zero-order valence-electron chi connectivity index (χ0n) is 9.29. The molecule has 0 saturated heterocycles. The first kappa shape index (κ1) is 10.8. The van der Waals surface area contributed by atoms with Gasteiger partial charge in [-0.15, -0.1) is 11.3 Å². The summed E-state index contributed by atoms with van der Waals surface area (Å²) in [6.45, 7) is 4.73. The standard InChI is InChI=1S/C11H15NO2S/c1-11(2)4-7-10(8(13)5-11)15-9(12-7)6-14-3/h4-6H2,1-3H3. The van der Waals surface area contributed by atoms with Gasteiger partial charge in [-0.05, 0) is 11.8 Å². The van der Waals surface area contributed by atoms with Crippen LogP contribution in [0.1, 0.15) is 40.6 Å². The molecule has 1 heterocycles. The molecule has 1 aliphatic rings. The quantitative estimate of drug-likeness (QED) is 0.776. The average molecular weight is 225 g/mol. The Bertz CT molecular complexity index is 395. The lowest BCUT2D eigenvalue weighted by atomic mass is 9.78. The Morgan fingerprint density at radius 1 is 1.47 bits per heavy atom. The van der Waals surface area contributed by atoms with Crippen molar-refractivity contribution in [3.63, 3.8) is 0 Å². The smallest absolute Gasteiger partial charge is 0.175 e. The second-order valence-electron chi connectivity index (χ2n) is 4.76. The van der Waals surface area contributed by atoms with Crippen molar-refractivity contribution in [3.05, 3.63) is 15.6 Å². The molecule has 82 valence electrons. The summed E-state index contributed by atoms with van der Waals surface area (Å²) < 4.78 is 5.03. The molecule has 4 heteroatoms. The number of thiazole rings is 1. The monoisotopic (exact) mass is 225 g/mol. The van der Waals surface area contributed by atoms with E-state index in [-0.39, 0.29) is 11.2 Å². The Balaban J connectivity index is 2.34. The van der Waals surface area contributed by atoms with Gasteiger partial charge in [0.1, 0.15) is 5.01 Å². The lowest BCUT2D eigenvalue weighted by Gasteiger charge is -2.26. The fourth-order valence-corrected chi connectivity index (χ4v) is 2.94. The van der Waals surface area contributed by atoms with Gasteiger partial charge >= 0.3 is 0 Å². The summed E-state index contributed by atoms with van der Waals surface area (Å²) in [5, 5.41) is 0.911. The number of ketones is 1. The molecule has 0 unspecified atom stereocenters. The van der Waals surface area contributed by atoms with Gasteiger partial charge in [-0.25, -0.2) is 4.98 Å². The number of fused-ring (bicyclic) bond motifs is 1. The van der Waals surface area contributed by atoms with Crippen molar-refractivity contribution in [1.82, 2.24) is 4.98 Å². The molecule has 1 aromatic heterocycles. The van der Waals surface area contributed by atoms with Crippen LogP contribution in [-0.4, -0.2) is 17.9 Å². The Hall–Kier alpha value is -0.740. The molecule has 1 aliphatic carbocycles. The fourth-order valence-electron chi connectivity index (χ4n) is 1.95. The highest BCUT2D eigenvalue weighted by Gasteiger charge is 2.33. The van der Waals surface area contributed by atoms with Crippen LogP contribution < -0.4 is 0 Å². The highest BCUT2D eigenvalue weighted by Crippen LogP contribution is 2.36. The van der Waals surface area contributed by atoms with Crippen molar-refractivity contribution < 1.29 is 9.53 Å². The second kappa shape index (κ2) is 3.68. The van der Waals surface area contributed by atoms with Gasteiger partial charge in [0.2, 0.25) is 0 Å². The molecule has 0 bridgehead atoms. The van der Waals surface area contributed by atoms with Crippen LogP contribution in [0.25, 0.3) is 0 Å². The lowest BCUT2D eigenvalue weighted by molar-refractivity contribution is 0.0916. The number of carbonyl (C=O) groups is 1. The van der Waals surface area contributed by atoms with E-state index in [4.69, 9.17) is 4.74 Å². The van der Waals surface area contributed by atoms with E-state index < -0.39 is 0 Å². The number of nitrogens with zero attached hydrogens (tertiary/aromatic N) is 1. The van der Waals surface area contributed by atoms with Gasteiger partial charge in [-0.1, -0.05) is 13.8 Å². The fraction of sp³-hybridized carbons (Fsp3) is 0.636. The van der Waals surface area contributed by atoms with Crippen LogP contribution in [0.2, 0.25) is 0 Å². The SMILES string of the molecule is COCc1nc2c(s1)C(=O)CC(C)(C)C2.